The van der Waals surface area contributed by atoms with Crippen LogP contribution in [0.5, 0.6) is 0 Å². The summed E-state index contributed by atoms with van der Waals surface area (Å²) in [5, 5.41) is 8.86. The molecule has 0 aromatic carbocycles. The molecular formula is C11H14N2O. The van der Waals surface area contributed by atoms with Crippen LogP contribution >= 0.6 is 0 Å². The first-order valence-corrected chi connectivity index (χ1v) is 4.74. The zero-order chi connectivity index (χ0) is 10.7. The summed E-state index contributed by atoms with van der Waals surface area (Å²) in [7, 11) is 0. The molecule has 1 aromatic rings. The highest BCUT2D eigenvalue weighted by molar-refractivity contribution is 5.38. The number of hydrogen-bond donors (Lipinski definition) is 1. The van der Waals surface area contributed by atoms with E-state index in [-0.39, 0.29) is 17.0 Å². The average Bonchev–Trinajstić information content (AvgIpc) is 2.15. The molecule has 14 heavy (non-hydrogen) atoms. The van der Waals surface area contributed by atoms with Crippen LogP contribution in [0.3, 0.4) is 0 Å². The van der Waals surface area contributed by atoms with Crippen LogP contribution in [-0.2, 0) is 0 Å². The van der Waals surface area contributed by atoms with Gasteiger partial charge in [0.15, 0.2) is 0 Å². The number of rotatable bonds is 2. The van der Waals surface area contributed by atoms with E-state index in [0.29, 0.717) is 0 Å². The molecule has 0 saturated heterocycles. The summed E-state index contributed by atoms with van der Waals surface area (Å²) in [6.07, 6.45) is 0.928. The SMILES string of the molecule is CCC(C)c1cc(C)[nH]c(=O)c1C#N. The highest BCUT2D eigenvalue weighted by Gasteiger charge is 2.12. The molecule has 0 aliphatic rings. The highest BCUT2D eigenvalue weighted by Crippen LogP contribution is 2.20. The first-order chi connectivity index (χ1) is 6.60. The van der Waals surface area contributed by atoms with E-state index in [1.807, 2.05) is 32.9 Å². The van der Waals surface area contributed by atoms with Crippen molar-refractivity contribution in [2.45, 2.75) is 33.1 Å². The molecule has 1 heterocycles. The first-order valence-electron chi connectivity index (χ1n) is 4.74. The first kappa shape index (κ1) is 10.5. The quantitative estimate of drug-likeness (QED) is 0.776. The summed E-state index contributed by atoms with van der Waals surface area (Å²) >= 11 is 0. The number of aromatic amines is 1. The molecule has 0 aliphatic carbocycles. The minimum Gasteiger partial charge on any atom is -0.325 e. The van der Waals surface area contributed by atoms with Gasteiger partial charge in [0, 0.05) is 5.69 Å². The second-order valence-corrected chi connectivity index (χ2v) is 3.53. The van der Waals surface area contributed by atoms with Crippen LogP contribution in [0.4, 0.5) is 0 Å². The lowest BCUT2D eigenvalue weighted by Gasteiger charge is -2.10. The van der Waals surface area contributed by atoms with Crippen molar-refractivity contribution in [3.8, 4) is 6.07 Å². The van der Waals surface area contributed by atoms with E-state index in [0.717, 1.165) is 17.7 Å². The lowest BCUT2D eigenvalue weighted by molar-refractivity contribution is 0.726. The third-order valence-corrected chi connectivity index (χ3v) is 2.45. The Morgan fingerprint density at radius 1 is 1.64 bits per heavy atom. The second-order valence-electron chi connectivity index (χ2n) is 3.53. The monoisotopic (exact) mass is 190 g/mol. The van der Waals surface area contributed by atoms with Crippen molar-refractivity contribution in [1.82, 2.24) is 4.98 Å². The van der Waals surface area contributed by atoms with Gasteiger partial charge in [-0.2, -0.15) is 5.26 Å². The van der Waals surface area contributed by atoms with Gasteiger partial charge in [0.25, 0.3) is 5.56 Å². The van der Waals surface area contributed by atoms with E-state index in [1.54, 1.807) is 0 Å². The molecule has 0 spiro atoms. The third kappa shape index (κ3) is 1.85. The normalized spacial score (nSPS) is 12.1. The van der Waals surface area contributed by atoms with E-state index >= 15 is 0 Å². The van der Waals surface area contributed by atoms with Gasteiger partial charge in [0.1, 0.15) is 11.6 Å². The molecule has 1 atom stereocenters. The van der Waals surface area contributed by atoms with Crippen molar-refractivity contribution in [1.29, 1.82) is 5.26 Å². The second kappa shape index (κ2) is 4.10. The van der Waals surface area contributed by atoms with Crippen LogP contribution < -0.4 is 5.56 Å². The van der Waals surface area contributed by atoms with Gasteiger partial charge in [-0.15, -0.1) is 0 Å². The Balaban J connectivity index is 3.42. The van der Waals surface area contributed by atoms with Crippen molar-refractivity contribution >= 4 is 0 Å². The van der Waals surface area contributed by atoms with Crippen LogP contribution in [-0.4, -0.2) is 4.98 Å². The summed E-state index contributed by atoms with van der Waals surface area (Å²) in [5.74, 6) is 0.255. The van der Waals surface area contributed by atoms with Gasteiger partial charge in [-0.25, -0.2) is 0 Å². The fraction of sp³-hybridized carbons (Fsp3) is 0.455. The lowest BCUT2D eigenvalue weighted by Crippen LogP contribution is -2.15. The Kier molecular flexibility index (Phi) is 3.08. The molecule has 3 nitrogen and oxygen atoms in total. The van der Waals surface area contributed by atoms with Crippen LogP contribution in [0.15, 0.2) is 10.9 Å². The van der Waals surface area contributed by atoms with E-state index < -0.39 is 0 Å². The van der Waals surface area contributed by atoms with E-state index in [9.17, 15) is 4.79 Å². The minimum absolute atomic E-state index is 0.255. The highest BCUT2D eigenvalue weighted by atomic mass is 16.1. The molecule has 0 aliphatic heterocycles. The molecule has 0 fully saturated rings. The average molecular weight is 190 g/mol. The number of nitrogens with zero attached hydrogens (tertiary/aromatic N) is 1. The molecule has 1 rings (SSSR count). The van der Waals surface area contributed by atoms with Crippen molar-refractivity contribution in [3.63, 3.8) is 0 Å². The summed E-state index contributed by atoms with van der Waals surface area (Å²) < 4.78 is 0. The lowest BCUT2D eigenvalue weighted by atomic mass is 9.95. The summed E-state index contributed by atoms with van der Waals surface area (Å²) in [4.78, 5) is 14.1. The van der Waals surface area contributed by atoms with Gasteiger partial charge in [0.2, 0.25) is 0 Å². The fourth-order valence-corrected chi connectivity index (χ4v) is 1.44. The Bertz CT molecular complexity index is 426. The van der Waals surface area contributed by atoms with E-state index in [2.05, 4.69) is 4.98 Å². The largest absolute Gasteiger partial charge is 0.325 e. The minimum atomic E-state index is -0.275. The molecule has 1 aromatic heterocycles. The van der Waals surface area contributed by atoms with Gasteiger partial charge >= 0.3 is 0 Å². The third-order valence-electron chi connectivity index (χ3n) is 2.45. The molecule has 0 amide bonds. The summed E-state index contributed by atoms with van der Waals surface area (Å²) in [5.41, 5.74) is 1.65. The maximum absolute atomic E-state index is 11.4. The van der Waals surface area contributed by atoms with E-state index in [4.69, 9.17) is 5.26 Å². The molecule has 74 valence electrons. The van der Waals surface area contributed by atoms with Crippen molar-refractivity contribution in [3.05, 3.63) is 33.2 Å². The predicted octanol–water partition coefficient (Wildman–Crippen LogP) is 2.07. The van der Waals surface area contributed by atoms with Crippen LogP contribution in [0.2, 0.25) is 0 Å². The molecule has 0 bridgehead atoms. The molecule has 1 unspecified atom stereocenters. The number of H-pyrrole nitrogens is 1. The van der Waals surface area contributed by atoms with Gasteiger partial charge in [0.05, 0.1) is 0 Å². The van der Waals surface area contributed by atoms with Crippen molar-refractivity contribution < 1.29 is 0 Å². The zero-order valence-corrected chi connectivity index (χ0v) is 8.72. The topological polar surface area (TPSA) is 56.6 Å². The molecule has 0 radical (unpaired) electrons. The standard InChI is InChI=1S/C11H14N2O/c1-4-7(2)9-5-8(3)13-11(14)10(9)6-12/h5,7H,4H2,1-3H3,(H,13,14). The summed E-state index contributed by atoms with van der Waals surface area (Å²) in [6, 6.07) is 3.85. The van der Waals surface area contributed by atoms with Crippen LogP contribution in [0.25, 0.3) is 0 Å². The Hall–Kier alpha value is -1.56. The molecule has 0 saturated carbocycles. The van der Waals surface area contributed by atoms with Gasteiger partial charge in [-0.3, -0.25) is 4.79 Å². The number of aromatic nitrogens is 1. The molecule has 3 heteroatoms. The molecular weight excluding hydrogens is 176 g/mol. The predicted molar refractivity (Wildman–Crippen MR) is 55.2 cm³/mol. The number of pyridine rings is 1. The van der Waals surface area contributed by atoms with Gasteiger partial charge in [-0.1, -0.05) is 13.8 Å². The van der Waals surface area contributed by atoms with Crippen molar-refractivity contribution in [2.75, 3.05) is 0 Å². The van der Waals surface area contributed by atoms with Crippen LogP contribution in [0, 0.1) is 18.3 Å². The number of aryl methyl sites for hydroxylation is 1. The molecule has 1 N–H and O–H groups in total. The van der Waals surface area contributed by atoms with Crippen LogP contribution in [0.1, 0.15) is 43.0 Å². The fourth-order valence-electron chi connectivity index (χ4n) is 1.44. The Labute approximate surface area is 83.4 Å². The Morgan fingerprint density at radius 2 is 2.29 bits per heavy atom. The zero-order valence-electron chi connectivity index (χ0n) is 8.72. The van der Waals surface area contributed by atoms with E-state index in [1.165, 1.54) is 0 Å². The smallest absolute Gasteiger partial charge is 0.266 e. The maximum Gasteiger partial charge on any atom is 0.266 e. The number of nitrogens with one attached hydrogen (secondary N) is 1. The van der Waals surface area contributed by atoms with Gasteiger partial charge in [-0.05, 0) is 30.9 Å². The van der Waals surface area contributed by atoms with Gasteiger partial charge < -0.3 is 4.98 Å². The number of hydrogen-bond acceptors (Lipinski definition) is 2. The maximum atomic E-state index is 11.4. The van der Waals surface area contributed by atoms with Crippen molar-refractivity contribution in [2.24, 2.45) is 0 Å². The Morgan fingerprint density at radius 3 is 2.79 bits per heavy atom. The summed E-state index contributed by atoms with van der Waals surface area (Å²) in [6.45, 7) is 5.89. The number of nitriles is 1.